The highest BCUT2D eigenvalue weighted by Crippen LogP contribution is 2.33. The molecule has 3 unspecified atom stereocenters. The SMILES string of the molecule is Brc1ccc(C2CNC3CCCCC3CO2)s1. The fourth-order valence-corrected chi connectivity index (χ4v) is 4.39. The summed E-state index contributed by atoms with van der Waals surface area (Å²) in [6.07, 6.45) is 5.66. The van der Waals surface area contributed by atoms with E-state index in [1.807, 2.05) is 0 Å². The molecule has 4 heteroatoms. The molecule has 1 saturated carbocycles. The zero-order chi connectivity index (χ0) is 11.7. The summed E-state index contributed by atoms with van der Waals surface area (Å²) in [6.45, 7) is 1.89. The minimum Gasteiger partial charge on any atom is -0.371 e. The first kappa shape index (κ1) is 12.2. The second kappa shape index (κ2) is 5.39. The van der Waals surface area contributed by atoms with Crippen LogP contribution in [0, 0.1) is 5.92 Å². The first-order chi connectivity index (χ1) is 8.33. The number of nitrogens with one attached hydrogen (secondary N) is 1. The van der Waals surface area contributed by atoms with E-state index in [1.54, 1.807) is 11.3 Å². The van der Waals surface area contributed by atoms with Crippen molar-refractivity contribution in [1.29, 1.82) is 0 Å². The van der Waals surface area contributed by atoms with E-state index in [0.717, 1.165) is 19.1 Å². The molecule has 17 heavy (non-hydrogen) atoms. The van der Waals surface area contributed by atoms with Gasteiger partial charge in [0.25, 0.3) is 0 Å². The van der Waals surface area contributed by atoms with Gasteiger partial charge in [0.1, 0.15) is 6.10 Å². The zero-order valence-electron chi connectivity index (χ0n) is 9.82. The topological polar surface area (TPSA) is 21.3 Å². The normalized spacial score (nSPS) is 34.1. The number of hydrogen-bond donors (Lipinski definition) is 1. The van der Waals surface area contributed by atoms with Gasteiger partial charge in [0, 0.05) is 17.5 Å². The lowest BCUT2D eigenvalue weighted by Crippen LogP contribution is -2.38. The summed E-state index contributed by atoms with van der Waals surface area (Å²) >= 11 is 5.31. The van der Waals surface area contributed by atoms with E-state index in [4.69, 9.17) is 4.74 Å². The van der Waals surface area contributed by atoms with Gasteiger partial charge < -0.3 is 10.1 Å². The lowest BCUT2D eigenvalue weighted by atomic mass is 9.85. The van der Waals surface area contributed by atoms with Crippen LogP contribution in [0.3, 0.4) is 0 Å². The molecule has 0 radical (unpaired) electrons. The van der Waals surface area contributed by atoms with Crippen LogP contribution in [0.25, 0.3) is 0 Å². The van der Waals surface area contributed by atoms with Crippen LogP contribution in [-0.4, -0.2) is 19.2 Å². The van der Waals surface area contributed by atoms with Gasteiger partial charge >= 0.3 is 0 Å². The van der Waals surface area contributed by atoms with Crippen LogP contribution in [0.2, 0.25) is 0 Å². The maximum Gasteiger partial charge on any atom is 0.104 e. The van der Waals surface area contributed by atoms with Crippen molar-refractivity contribution in [3.8, 4) is 0 Å². The van der Waals surface area contributed by atoms with E-state index >= 15 is 0 Å². The highest BCUT2D eigenvalue weighted by molar-refractivity contribution is 9.11. The Kier molecular flexibility index (Phi) is 3.85. The van der Waals surface area contributed by atoms with Crippen molar-refractivity contribution in [3.63, 3.8) is 0 Å². The molecule has 0 spiro atoms. The van der Waals surface area contributed by atoms with Gasteiger partial charge in [-0.25, -0.2) is 0 Å². The summed E-state index contributed by atoms with van der Waals surface area (Å²) in [6, 6.07) is 4.98. The molecular weight excluding hydrogens is 298 g/mol. The Morgan fingerprint density at radius 1 is 1.29 bits per heavy atom. The number of fused-ring (bicyclic) bond motifs is 1. The summed E-state index contributed by atoms with van der Waals surface area (Å²) < 4.78 is 7.29. The molecule has 2 aliphatic rings. The molecule has 2 nitrogen and oxygen atoms in total. The van der Waals surface area contributed by atoms with E-state index in [0.29, 0.717) is 6.04 Å². The molecule has 94 valence electrons. The third-order valence-electron chi connectivity index (χ3n) is 3.90. The minimum absolute atomic E-state index is 0.247. The molecule has 1 saturated heterocycles. The van der Waals surface area contributed by atoms with Gasteiger partial charge in [-0.15, -0.1) is 11.3 Å². The first-order valence-electron chi connectivity index (χ1n) is 6.43. The summed E-state index contributed by atoms with van der Waals surface area (Å²) in [4.78, 5) is 1.34. The quantitative estimate of drug-likeness (QED) is 0.852. The Morgan fingerprint density at radius 2 is 2.18 bits per heavy atom. The van der Waals surface area contributed by atoms with E-state index in [-0.39, 0.29) is 6.10 Å². The average molecular weight is 316 g/mol. The molecule has 2 heterocycles. The molecule has 2 fully saturated rings. The predicted octanol–water partition coefficient (Wildman–Crippen LogP) is 3.73. The van der Waals surface area contributed by atoms with Gasteiger partial charge in [0.15, 0.2) is 0 Å². The monoisotopic (exact) mass is 315 g/mol. The number of thiophene rings is 1. The number of hydrogen-bond acceptors (Lipinski definition) is 3. The molecule has 0 amide bonds. The first-order valence-corrected chi connectivity index (χ1v) is 8.04. The van der Waals surface area contributed by atoms with E-state index in [9.17, 15) is 0 Å². The lowest BCUT2D eigenvalue weighted by Gasteiger charge is -2.29. The molecule has 0 aromatic carbocycles. The van der Waals surface area contributed by atoms with Crippen molar-refractivity contribution in [1.82, 2.24) is 5.32 Å². The maximum absolute atomic E-state index is 6.10. The van der Waals surface area contributed by atoms with Gasteiger partial charge in [0.2, 0.25) is 0 Å². The zero-order valence-corrected chi connectivity index (χ0v) is 12.2. The van der Waals surface area contributed by atoms with Crippen LogP contribution < -0.4 is 5.32 Å². The van der Waals surface area contributed by atoms with E-state index < -0.39 is 0 Å². The molecule has 3 rings (SSSR count). The van der Waals surface area contributed by atoms with Crippen LogP contribution in [0.5, 0.6) is 0 Å². The van der Waals surface area contributed by atoms with E-state index in [1.165, 1.54) is 34.3 Å². The third kappa shape index (κ3) is 2.75. The molecule has 1 aromatic heterocycles. The molecular formula is C13H18BrNOS. The van der Waals surface area contributed by atoms with Crippen molar-refractivity contribution >= 4 is 27.3 Å². The highest BCUT2D eigenvalue weighted by atomic mass is 79.9. The van der Waals surface area contributed by atoms with Crippen LogP contribution in [0.4, 0.5) is 0 Å². The molecule has 3 atom stereocenters. The van der Waals surface area contributed by atoms with Gasteiger partial charge in [-0.2, -0.15) is 0 Å². The predicted molar refractivity (Wildman–Crippen MR) is 74.5 cm³/mol. The second-order valence-corrected chi connectivity index (χ2v) is 7.52. The summed E-state index contributed by atoms with van der Waals surface area (Å²) in [5.41, 5.74) is 0. The Labute approximate surface area is 115 Å². The Morgan fingerprint density at radius 3 is 3.00 bits per heavy atom. The fraction of sp³-hybridized carbons (Fsp3) is 0.692. The van der Waals surface area contributed by atoms with Crippen LogP contribution in [0.15, 0.2) is 15.9 Å². The number of rotatable bonds is 1. The van der Waals surface area contributed by atoms with Crippen molar-refractivity contribution < 1.29 is 4.74 Å². The van der Waals surface area contributed by atoms with Crippen LogP contribution in [0.1, 0.15) is 36.7 Å². The van der Waals surface area contributed by atoms with Gasteiger partial charge in [-0.1, -0.05) is 12.8 Å². The molecule has 1 N–H and O–H groups in total. The minimum atomic E-state index is 0.247. The van der Waals surface area contributed by atoms with Crippen molar-refractivity contribution in [3.05, 3.63) is 20.8 Å². The largest absolute Gasteiger partial charge is 0.371 e. The number of halogens is 1. The maximum atomic E-state index is 6.10. The summed E-state index contributed by atoms with van der Waals surface area (Å²) in [5.74, 6) is 0.733. The highest BCUT2D eigenvalue weighted by Gasteiger charge is 2.30. The van der Waals surface area contributed by atoms with Crippen molar-refractivity contribution in [2.45, 2.75) is 37.8 Å². The molecule has 0 bridgehead atoms. The van der Waals surface area contributed by atoms with Gasteiger partial charge in [0.05, 0.1) is 10.4 Å². The van der Waals surface area contributed by atoms with E-state index in [2.05, 4.69) is 33.4 Å². The summed E-state index contributed by atoms with van der Waals surface area (Å²) in [7, 11) is 0. The summed E-state index contributed by atoms with van der Waals surface area (Å²) in [5, 5.41) is 3.71. The Balaban J connectivity index is 1.69. The molecule has 1 aliphatic carbocycles. The second-order valence-electron chi connectivity index (χ2n) is 5.02. The number of ether oxygens (including phenoxy) is 1. The van der Waals surface area contributed by atoms with Gasteiger partial charge in [-0.05, 0) is 46.8 Å². The van der Waals surface area contributed by atoms with Crippen molar-refractivity contribution in [2.24, 2.45) is 5.92 Å². The standard InChI is InChI=1S/C13H18BrNOS/c14-13-6-5-12(17-13)11-7-15-10-4-2-1-3-9(10)8-16-11/h5-6,9-11,15H,1-4,7-8H2. The lowest BCUT2D eigenvalue weighted by molar-refractivity contribution is 0.0421. The molecule has 1 aliphatic heterocycles. The third-order valence-corrected chi connectivity index (χ3v) is 5.61. The molecule has 1 aromatic rings. The smallest absolute Gasteiger partial charge is 0.104 e. The Hall–Kier alpha value is 0.1000. The average Bonchev–Trinajstić information content (AvgIpc) is 2.66. The van der Waals surface area contributed by atoms with Gasteiger partial charge in [-0.3, -0.25) is 0 Å². The Bertz CT molecular complexity index is 365. The fourth-order valence-electron chi connectivity index (χ4n) is 2.92. The van der Waals surface area contributed by atoms with Crippen LogP contribution in [-0.2, 0) is 4.74 Å². The van der Waals surface area contributed by atoms with Crippen molar-refractivity contribution in [2.75, 3.05) is 13.2 Å². The van der Waals surface area contributed by atoms with Crippen LogP contribution >= 0.6 is 27.3 Å².